The number of hydrogen-bond acceptors (Lipinski definition) is 5. The molecule has 1 amide bonds. The Hall–Kier alpha value is -3.21. The Labute approximate surface area is 199 Å². The first-order chi connectivity index (χ1) is 16.1. The van der Waals surface area contributed by atoms with Gasteiger partial charge in [0.1, 0.15) is 0 Å². The van der Waals surface area contributed by atoms with Gasteiger partial charge in [-0.15, -0.1) is 0 Å². The second-order valence-electron chi connectivity index (χ2n) is 8.09. The summed E-state index contributed by atoms with van der Waals surface area (Å²) in [6.07, 6.45) is 1.65. The van der Waals surface area contributed by atoms with Crippen molar-refractivity contribution in [3.8, 4) is 0 Å². The first-order valence-electron chi connectivity index (χ1n) is 10.8. The van der Waals surface area contributed by atoms with Crippen LogP contribution in [0.25, 0.3) is 0 Å². The number of amides is 1. The summed E-state index contributed by atoms with van der Waals surface area (Å²) in [5.41, 5.74) is 2.04. The fourth-order valence-corrected chi connectivity index (χ4v) is 6.25. The van der Waals surface area contributed by atoms with E-state index in [1.165, 1.54) is 52.8 Å². The van der Waals surface area contributed by atoms with Crippen molar-refractivity contribution in [3.05, 3.63) is 83.9 Å². The lowest BCUT2D eigenvalue weighted by Crippen LogP contribution is -2.28. The molecule has 0 aromatic heterocycles. The summed E-state index contributed by atoms with van der Waals surface area (Å²) in [5.74, 6) is -0.494. The lowest BCUT2D eigenvalue weighted by atomic mass is 10.2. The lowest BCUT2D eigenvalue weighted by molar-refractivity contribution is 0.102. The van der Waals surface area contributed by atoms with Crippen molar-refractivity contribution in [3.63, 3.8) is 0 Å². The summed E-state index contributed by atoms with van der Waals surface area (Å²) < 4.78 is 54.7. The van der Waals surface area contributed by atoms with Crippen LogP contribution in [0.3, 0.4) is 0 Å². The Morgan fingerprint density at radius 2 is 1.41 bits per heavy atom. The molecule has 0 atom stereocenters. The smallest absolute Gasteiger partial charge is 0.261 e. The van der Waals surface area contributed by atoms with Gasteiger partial charge in [0.25, 0.3) is 15.9 Å². The van der Waals surface area contributed by atoms with Crippen LogP contribution in [-0.2, 0) is 20.0 Å². The number of aryl methyl sites for hydroxylation is 1. The zero-order chi connectivity index (χ0) is 24.3. The lowest BCUT2D eigenvalue weighted by Gasteiger charge is -2.16. The number of carbonyl (C=O) groups excluding carboxylic acids is 1. The maximum absolute atomic E-state index is 12.8. The number of hydrogen-bond donors (Lipinski definition) is 2. The predicted octanol–water partition coefficient (Wildman–Crippen LogP) is 3.83. The second kappa shape index (κ2) is 9.57. The van der Waals surface area contributed by atoms with E-state index < -0.39 is 26.0 Å². The van der Waals surface area contributed by atoms with Gasteiger partial charge in [-0.25, -0.2) is 16.8 Å². The average Bonchev–Trinajstić information content (AvgIpc) is 3.37. The van der Waals surface area contributed by atoms with Gasteiger partial charge in [0.2, 0.25) is 10.0 Å². The van der Waals surface area contributed by atoms with Crippen LogP contribution in [0, 0.1) is 6.92 Å². The molecule has 1 fully saturated rings. The molecule has 0 saturated carbocycles. The molecule has 1 heterocycles. The van der Waals surface area contributed by atoms with Gasteiger partial charge in [-0.2, -0.15) is 4.31 Å². The molecule has 0 aliphatic carbocycles. The molecule has 4 rings (SSSR count). The van der Waals surface area contributed by atoms with Gasteiger partial charge < -0.3 is 5.32 Å². The fourth-order valence-electron chi connectivity index (χ4n) is 3.63. The third kappa shape index (κ3) is 5.30. The molecule has 1 aliphatic rings. The van der Waals surface area contributed by atoms with E-state index in [1.54, 1.807) is 12.1 Å². The average molecular weight is 500 g/mol. The Morgan fingerprint density at radius 1 is 0.794 bits per heavy atom. The number of anilines is 2. The van der Waals surface area contributed by atoms with Crippen molar-refractivity contribution in [2.45, 2.75) is 29.6 Å². The highest BCUT2D eigenvalue weighted by Crippen LogP contribution is 2.23. The van der Waals surface area contributed by atoms with Crippen LogP contribution < -0.4 is 10.0 Å². The quantitative estimate of drug-likeness (QED) is 0.513. The minimum Gasteiger partial charge on any atom is -0.322 e. The van der Waals surface area contributed by atoms with E-state index >= 15 is 0 Å². The molecule has 2 N–H and O–H groups in total. The molecule has 0 bridgehead atoms. The third-order valence-corrected chi connectivity index (χ3v) is 8.82. The van der Waals surface area contributed by atoms with Crippen LogP contribution in [0.1, 0.15) is 28.8 Å². The molecule has 3 aromatic carbocycles. The summed E-state index contributed by atoms with van der Waals surface area (Å²) in [6, 6.07) is 18.6. The molecule has 0 radical (unpaired) electrons. The molecule has 1 saturated heterocycles. The van der Waals surface area contributed by atoms with Gasteiger partial charge in [-0.05, 0) is 74.4 Å². The highest BCUT2D eigenvalue weighted by molar-refractivity contribution is 7.92. The molecule has 8 nitrogen and oxygen atoms in total. The predicted molar refractivity (Wildman–Crippen MR) is 131 cm³/mol. The van der Waals surface area contributed by atoms with E-state index in [4.69, 9.17) is 0 Å². The highest BCUT2D eigenvalue weighted by atomic mass is 32.2. The standard InChI is InChI=1S/C24H25N3O5S2/c1-18-7-9-21(10-8-18)26-33(29,30)22-13-11-20(12-14-22)25-24(28)19-5-4-6-23(17-19)34(31,32)27-15-2-3-16-27/h4-14,17,26H,2-3,15-16H2,1H3,(H,25,28). The molecule has 10 heteroatoms. The third-order valence-electron chi connectivity index (χ3n) is 5.53. The Kier molecular flexibility index (Phi) is 6.74. The number of benzene rings is 3. The van der Waals surface area contributed by atoms with E-state index in [9.17, 15) is 21.6 Å². The molecular formula is C24H25N3O5S2. The highest BCUT2D eigenvalue weighted by Gasteiger charge is 2.27. The summed E-state index contributed by atoms with van der Waals surface area (Å²) in [5, 5.41) is 2.68. The zero-order valence-corrected chi connectivity index (χ0v) is 20.2. The van der Waals surface area contributed by atoms with Crippen LogP contribution in [0.4, 0.5) is 11.4 Å². The number of nitrogens with zero attached hydrogens (tertiary/aromatic N) is 1. The number of nitrogens with one attached hydrogen (secondary N) is 2. The van der Waals surface area contributed by atoms with E-state index in [-0.39, 0.29) is 15.4 Å². The topological polar surface area (TPSA) is 113 Å². The molecule has 178 valence electrons. The van der Waals surface area contributed by atoms with Gasteiger partial charge in [-0.3, -0.25) is 9.52 Å². The fraction of sp³-hybridized carbons (Fsp3) is 0.208. The van der Waals surface area contributed by atoms with Crippen molar-refractivity contribution in [1.29, 1.82) is 0 Å². The van der Waals surface area contributed by atoms with E-state index in [2.05, 4.69) is 10.0 Å². The molecule has 0 unspecified atom stereocenters. The van der Waals surface area contributed by atoms with Gasteiger partial charge >= 0.3 is 0 Å². The number of rotatable bonds is 7. The second-order valence-corrected chi connectivity index (χ2v) is 11.7. The zero-order valence-electron chi connectivity index (χ0n) is 18.6. The Bertz CT molecular complexity index is 1400. The first-order valence-corrected chi connectivity index (χ1v) is 13.7. The minimum atomic E-state index is -3.79. The first kappa shape index (κ1) is 23.9. The largest absolute Gasteiger partial charge is 0.322 e. The van der Waals surface area contributed by atoms with Crippen molar-refractivity contribution >= 4 is 37.3 Å². The minimum absolute atomic E-state index is 0.0461. The van der Waals surface area contributed by atoms with E-state index in [0.29, 0.717) is 24.5 Å². The number of sulfonamides is 2. The van der Waals surface area contributed by atoms with Gasteiger partial charge in [0, 0.05) is 30.0 Å². The van der Waals surface area contributed by atoms with Crippen molar-refractivity contribution in [2.75, 3.05) is 23.1 Å². The molecule has 3 aromatic rings. The maximum Gasteiger partial charge on any atom is 0.261 e. The van der Waals surface area contributed by atoms with Crippen LogP contribution in [0.5, 0.6) is 0 Å². The van der Waals surface area contributed by atoms with Gasteiger partial charge in [0.05, 0.1) is 9.79 Å². The summed E-state index contributed by atoms with van der Waals surface area (Å²) in [6.45, 7) is 2.87. The summed E-state index contributed by atoms with van der Waals surface area (Å²) in [4.78, 5) is 12.8. The molecule has 1 aliphatic heterocycles. The number of carbonyl (C=O) groups is 1. The maximum atomic E-state index is 12.8. The summed E-state index contributed by atoms with van der Waals surface area (Å²) >= 11 is 0. The van der Waals surface area contributed by atoms with E-state index in [1.807, 2.05) is 19.1 Å². The normalized spacial score (nSPS) is 14.6. The van der Waals surface area contributed by atoms with Gasteiger partial charge in [0.15, 0.2) is 0 Å². The van der Waals surface area contributed by atoms with Crippen LogP contribution in [0.2, 0.25) is 0 Å². The monoisotopic (exact) mass is 499 g/mol. The van der Waals surface area contributed by atoms with E-state index in [0.717, 1.165) is 18.4 Å². The van der Waals surface area contributed by atoms with Crippen LogP contribution in [-0.4, -0.2) is 40.1 Å². The van der Waals surface area contributed by atoms with Crippen LogP contribution >= 0.6 is 0 Å². The van der Waals surface area contributed by atoms with Crippen molar-refractivity contribution in [2.24, 2.45) is 0 Å². The summed E-state index contributed by atoms with van der Waals surface area (Å²) in [7, 11) is -7.43. The van der Waals surface area contributed by atoms with Crippen LogP contribution in [0.15, 0.2) is 82.6 Å². The van der Waals surface area contributed by atoms with Gasteiger partial charge in [-0.1, -0.05) is 23.8 Å². The molecule has 0 spiro atoms. The SMILES string of the molecule is Cc1ccc(NS(=O)(=O)c2ccc(NC(=O)c3cccc(S(=O)(=O)N4CCCC4)c3)cc2)cc1. The Morgan fingerprint density at radius 3 is 2.06 bits per heavy atom. The molecule has 34 heavy (non-hydrogen) atoms. The van der Waals surface area contributed by atoms with Crippen molar-refractivity contribution in [1.82, 2.24) is 4.31 Å². The Balaban J connectivity index is 1.46. The molecular weight excluding hydrogens is 474 g/mol. The van der Waals surface area contributed by atoms with Crippen molar-refractivity contribution < 1.29 is 21.6 Å².